The average molecular weight is 1280 g/mol. The molecule has 3 fully saturated rings. The monoisotopic (exact) mass is 1280 g/mol. The van der Waals surface area contributed by atoms with E-state index >= 15 is 0 Å². The number of nitrogens with zero attached hydrogens (tertiary/aromatic N) is 3. The highest BCUT2D eigenvalue weighted by Gasteiger charge is 2.47. The van der Waals surface area contributed by atoms with Crippen molar-refractivity contribution in [2.45, 2.75) is 245 Å². The van der Waals surface area contributed by atoms with E-state index in [2.05, 4.69) is 97.2 Å². The summed E-state index contributed by atoms with van der Waals surface area (Å²) in [6.45, 7) is 36.3. The third-order valence-electron chi connectivity index (χ3n) is 17.0. The molecule has 0 radical (unpaired) electrons. The van der Waals surface area contributed by atoms with Gasteiger partial charge in [-0.3, -0.25) is 24.0 Å². The van der Waals surface area contributed by atoms with Gasteiger partial charge in [0.05, 0.1) is 24.2 Å². The van der Waals surface area contributed by atoms with Crippen molar-refractivity contribution in [3.63, 3.8) is 0 Å². The first-order valence-electron chi connectivity index (χ1n) is 32.7. The Bertz CT molecular complexity index is 2930. The number of rotatable bonds is 10. The molecule has 17 heteroatoms. The summed E-state index contributed by atoms with van der Waals surface area (Å²) in [7, 11) is 0. The van der Waals surface area contributed by atoms with Crippen molar-refractivity contribution in [1.82, 2.24) is 25.3 Å². The van der Waals surface area contributed by atoms with E-state index in [0.717, 1.165) is 68.4 Å². The van der Waals surface area contributed by atoms with Crippen molar-refractivity contribution in [3.05, 3.63) is 167 Å². The quantitative estimate of drug-likeness (QED) is 0.0631. The van der Waals surface area contributed by atoms with Crippen molar-refractivity contribution in [3.8, 4) is 11.5 Å². The number of nitrogens with two attached hydrogens (primary N) is 5. The smallest absolute Gasteiger partial charge is 0.243 e. The van der Waals surface area contributed by atoms with Gasteiger partial charge in [-0.25, -0.2) is 0 Å². The normalized spacial score (nSPS) is 20.9. The van der Waals surface area contributed by atoms with Crippen LogP contribution in [0.2, 0.25) is 0 Å². The van der Waals surface area contributed by atoms with Crippen LogP contribution in [0.15, 0.2) is 140 Å². The van der Waals surface area contributed by atoms with Crippen LogP contribution in [0.1, 0.15) is 209 Å². The standard InChI is InChI=1S/2C16H24N2O.C15H22N2O.2C14H22N2O2.CH4/c2*1-16(2,3)18-11-7-10-13(14(17)15(18)19)12-8-5-4-6-9-12;1-14(2,3)17-10-9-15(16,13(17)18)11-12-7-5-4-6-8-12;2*1-9(10-5-7-11(17)8-6-10)12(15)13(18)16-14(2,3)4;/h2*4-6,8-9,13-14H,7,10-11,17H2,1-3H3;4-8H,9-11,16H2,1-3H3;2*5-9,12,17H,15H2,1-4H3,(H,16,18);1H4/t13-,14+;13-,14-;15-;9-,12+;9-,12-;/m10010./s1. The van der Waals surface area contributed by atoms with Crippen LogP contribution >= 0.6 is 0 Å². The number of benzene rings is 5. The van der Waals surface area contributed by atoms with Crippen LogP contribution < -0.4 is 39.3 Å². The first-order chi connectivity index (χ1) is 42.6. The maximum absolute atomic E-state index is 12.6. The zero-order valence-corrected chi connectivity index (χ0v) is 58.4. The van der Waals surface area contributed by atoms with Gasteiger partial charge in [0.15, 0.2) is 0 Å². The molecule has 0 saturated carbocycles. The Morgan fingerprint density at radius 1 is 0.505 bits per heavy atom. The Balaban J connectivity index is 0.000000303. The molecule has 17 nitrogen and oxygen atoms in total. The van der Waals surface area contributed by atoms with Gasteiger partial charge in [-0.15, -0.1) is 0 Å². The van der Waals surface area contributed by atoms with E-state index in [-0.39, 0.29) is 99.8 Å². The second kappa shape index (κ2) is 34.3. The lowest BCUT2D eigenvalue weighted by Crippen LogP contribution is -2.53. The van der Waals surface area contributed by atoms with Gasteiger partial charge < -0.3 is 64.2 Å². The number of hydrogen-bond acceptors (Lipinski definition) is 12. The van der Waals surface area contributed by atoms with Gasteiger partial charge in [0.1, 0.15) is 17.0 Å². The molecule has 14 N–H and O–H groups in total. The lowest BCUT2D eigenvalue weighted by atomic mass is 9.88. The topological polar surface area (TPSA) is 290 Å². The summed E-state index contributed by atoms with van der Waals surface area (Å²) in [5.74, 6) is 0.406. The molecule has 5 amide bonds. The maximum atomic E-state index is 12.6. The van der Waals surface area contributed by atoms with Gasteiger partial charge in [0.2, 0.25) is 29.5 Å². The Labute approximate surface area is 558 Å². The van der Waals surface area contributed by atoms with Crippen LogP contribution in [-0.2, 0) is 30.4 Å². The number of likely N-dealkylation sites (tertiary alicyclic amines) is 3. The van der Waals surface area contributed by atoms with Crippen molar-refractivity contribution in [2.75, 3.05) is 19.6 Å². The SMILES string of the molecule is C.CC(C)(C)N1CCC[C@@H](c2ccccc2)[C@H](N)C1=O.CC(C)(C)N1CCC[C@H](c2ccccc2)[C@H](N)C1=O.CC(C)(C)N1CC[C@](N)(Cc2ccccc2)C1=O.C[C@@H](c1ccc(O)cc1)[C@H](N)C(=O)NC(C)(C)C.C[C@H](c1ccc(O)cc1)[C@H](N)C(=O)NC(C)(C)C. The van der Waals surface area contributed by atoms with Crippen LogP contribution in [0.5, 0.6) is 11.5 Å². The predicted octanol–water partition coefficient (Wildman–Crippen LogP) is 11.1. The van der Waals surface area contributed by atoms with Gasteiger partial charge in [-0.2, -0.15) is 0 Å². The summed E-state index contributed by atoms with van der Waals surface area (Å²) in [5, 5.41) is 24.2. The summed E-state index contributed by atoms with van der Waals surface area (Å²) in [6.07, 6.45) is 5.33. The van der Waals surface area contributed by atoms with Crippen molar-refractivity contribution in [2.24, 2.45) is 28.7 Å². The minimum Gasteiger partial charge on any atom is -0.508 e. The largest absolute Gasteiger partial charge is 0.508 e. The molecule has 3 saturated heterocycles. The van der Waals surface area contributed by atoms with Crippen molar-refractivity contribution < 1.29 is 34.2 Å². The van der Waals surface area contributed by atoms with Crippen molar-refractivity contribution >= 4 is 29.5 Å². The molecule has 0 spiro atoms. The first-order valence-corrected chi connectivity index (χ1v) is 32.7. The summed E-state index contributed by atoms with van der Waals surface area (Å²) < 4.78 is 0. The number of amides is 5. The fourth-order valence-corrected chi connectivity index (χ4v) is 11.6. The molecule has 3 aliphatic heterocycles. The van der Waals surface area contributed by atoms with E-state index in [1.807, 2.05) is 137 Å². The number of carbonyl (C=O) groups excluding carboxylic acids is 5. The van der Waals surface area contributed by atoms with E-state index in [0.29, 0.717) is 6.42 Å². The van der Waals surface area contributed by atoms with Crippen LogP contribution in [0, 0.1) is 0 Å². The van der Waals surface area contributed by atoms with Crippen molar-refractivity contribution in [1.29, 1.82) is 0 Å². The molecular formula is C76H118N10O7. The molecule has 3 aliphatic rings. The van der Waals surface area contributed by atoms with E-state index in [1.54, 1.807) is 48.5 Å². The predicted molar refractivity (Wildman–Crippen MR) is 380 cm³/mol. The molecule has 0 bridgehead atoms. The molecule has 0 aromatic heterocycles. The first kappa shape index (κ1) is 80.1. The average Bonchev–Trinajstić information content (AvgIpc) is 1.66. The molecule has 93 heavy (non-hydrogen) atoms. The number of hydrogen-bond donors (Lipinski definition) is 9. The van der Waals surface area contributed by atoms with Gasteiger partial charge in [-0.1, -0.05) is 137 Å². The third kappa shape index (κ3) is 24.6. The van der Waals surface area contributed by atoms with E-state index in [4.69, 9.17) is 28.7 Å². The molecule has 0 unspecified atom stereocenters. The fourth-order valence-electron chi connectivity index (χ4n) is 11.6. The van der Waals surface area contributed by atoms with Crippen LogP contribution in [-0.4, -0.2) is 131 Å². The molecule has 514 valence electrons. The van der Waals surface area contributed by atoms with Crippen LogP contribution in [0.3, 0.4) is 0 Å². The summed E-state index contributed by atoms with van der Waals surface area (Å²) in [4.78, 5) is 67.3. The molecule has 8 rings (SSSR count). The molecular weight excluding hydrogens is 1160 g/mol. The minimum atomic E-state index is -0.728. The van der Waals surface area contributed by atoms with E-state index < -0.39 is 29.7 Å². The van der Waals surface area contributed by atoms with E-state index in [9.17, 15) is 34.2 Å². The van der Waals surface area contributed by atoms with E-state index in [1.165, 1.54) is 11.1 Å². The van der Waals surface area contributed by atoms with Gasteiger partial charge in [0, 0.05) is 71.0 Å². The number of phenols is 2. The second-order valence-corrected chi connectivity index (χ2v) is 30.2. The second-order valence-electron chi connectivity index (χ2n) is 30.2. The fraction of sp³-hybridized carbons (Fsp3) is 0.539. The Hall–Kier alpha value is -7.15. The summed E-state index contributed by atoms with van der Waals surface area (Å²) >= 11 is 0. The summed E-state index contributed by atoms with van der Waals surface area (Å²) in [5.41, 5.74) is 34.4. The molecule has 5 aromatic rings. The Kier molecular flexibility index (Phi) is 29.6. The summed E-state index contributed by atoms with van der Waals surface area (Å²) in [6, 6.07) is 41.8. The van der Waals surface area contributed by atoms with Gasteiger partial charge in [-0.05, 0) is 194 Å². The molecule has 0 aliphatic carbocycles. The van der Waals surface area contributed by atoms with Gasteiger partial charge >= 0.3 is 0 Å². The lowest BCUT2D eigenvalue weighted by molar-refractivity contribution is -0.137. The van der Waals surface area contributed by atoms with Crippen LogP contribution in [0.4, 0.5) is 0 Å². The Morgan fingerprint density at radius 3 is 1.11 bits per heavy atom. The number of phenolic OH excluding ortho intramolecular Hbond substituents is 2. The zero-order chi connectivity index (χ0) is 69.3. The molecule has 3 heterocycles. The molecule has 5 aromatic carbocycles. The molecule has 9 atom stereocenters. The highest BCUT2D eigenvalue weighted by Crippen LogP contribution is 2.34. The zero-order valence-electron chi connectivity index (χ0n) is 58.4. The number of aromatic hydroxyl groups is 2. The lowest BCUT2D eigenvalue weighted by Gasteiger charge is -2.36. The van der Waals surface area contributed by atoms with Crippen LogP contribution in [0.25, 0.3) is 0 Å². The number of nitrogens with one attached hydrogen (secondary N) is 2. The third-order valence-corrected chi connectivity index (χ3v) is 17.0. The highest BCUT2D eigenvalue weighted by molar-refractivity contribution is 5.89. The maximum Gasteiger partial charge on any atom is 0.243 e. The highest BCUT2D eigenvalue weighted by atomic mass is 16.3. The number of carbonyl (C=O) groups is 5. The minimum absolute atomic E-state index is 0. The van der Waals surface area contributed by atoms with Gasteiger partial charge in [0.25, 0.3) is 0 Å². The Morgan fingerprint density at radius 2 is 0.817 bits per heavy atom.